The fourth-order valence-corrected chi connectivity index (χ4v) is 3.65. The van der Waals surface area contributed by atoms with Crippen LogP contribution >= 0.6 is 0 Å². The molecule has 2 aromatic carbocycles. The summed E-state index contributed by atoms with van der Waals surface area (Å²) in [6, 6.07) is 11.4. The first-order valence-corrected chi connectivity index (χ1v) is 9.88. The molecule has 1 saturated heterocycles. The molecular formula is C22H25N3O5. The molecule has 0 spiro atoms. The Morgan fingerprint density at radius 3 is 2.63 bits per heavy atom. The molecule has 1 N–H and O–H groups in total. The SMILES string of the molecule is COc1cc2c(cc1NC(=O)CN(C)CC(=O)N1CCOCC1)oc1ccccc12. The van der Waals surface area contributed by atoms with Crippen LogP contribution in [0.5, 0.6) is 5.75 Å². The third-order valence-electron chi connectivity index (χ3n) is 5.16. The van der Waals surface area contributed by atoms with Crippen LogP contribution in [0.2, 0.25) is 0 Å². The van der Waals surface area contributed by atoms with Crippen molar-refractivity contribution in [1.82, 2.24) is 9.80 Å². The average Bonchev–Trinajstić information content (AvgIpc) is 3.10. The van der Waals surface area contributed by atoms with Gasteiger partial charge in [0.2, 0.25) is 11.8 Å². The van der Waals surface area contributed by atoms with Gasteiger partial charge in [-0.05, 0) is 19.2 Å². The largest absolute Gasteiger partial charge is 0.495 e. The number of rotatable bonds is 6. The number of nitrogens with zero attached hydrogens (tertiary/aromatic N) is 2. The highest BCUT2D eigenvalue weighted by molar-refractivity contribution is 6.07. The first-order chi connectivity index (χ1) is 14.5. The molecule has 4 rings (SSSR count). The van der Waals surface area contributed by atoms with Gasteiger partial charge in [0.15, 0.2) is 0 Å². The fraction of sp³-hybridized carbons (Fsp3) is 0.364. The van der Waals surface area contributed by atoms with Gasteiger partial charge in [0.1, 0.15) is 16.9 Å². The number of likely N-dealkylation sites (N-methyl/N-ethyl adjacent to an activating group) is 1. The summed E-state index contributed by atoms with van der Waals surface area (Å²) in [5.41, 5.74) is 1.98. The maximum absolute atomic E-state index is 12.6. The third-order valence-corrected chi connectivity index (χ3v) is 5.16. The number of fused-ring (bicyclic) bond motifs is 3. The number of furan rings is 1. The number of morpholine rings is 1. The summed E-state index contributed by atoms with van der Waals surface area (Å²) in [4.78, 5) is 28.4. The summed E-state index contributed by atoms with van der Waals surface area (Å²) >= 11 is 0. The van der Waals surface area contributed by atoms with Gasteiger partial charge >= 0.3 is 0 Å². The van der Waals surface area contributed by atoms with Crippen LogP contribution in [-0.2, 0) is 14.3 Å². The molecule has 30 heavy (non-hydrogen) atoms. The second kappa shape index (κ2) is 8.73. The maximum Gasteiger partial charge on any atom is 0.238 e. The second-order valence-corrected chi connectivity index (χ2v) is 7.36. The van der Waals surface area contributed by atoms with Crippen LogP contribution in [-0.4, -0.2) is 75.2 Å². The van der Waals surface area contributed by atoms with Crippen LogP contribution in [0.1, 0.15) is 0 Å². The number of carbonyl (C=O) groups excluding carboxylic acids is 2. The second-order valence-electron chi connectivity index (χ2n) is 7.36. The first-order valence-electron chi connectivity index (χ1n) is 9.88. The van der Waals surface area contributed by atoms with Gasteiger partial charge in [-0.2, -0.15) is 0 Å². The van der Waals surface area contributed by atoms with Gasteiger partial charge in [-0.25, -0.2) is 0 Å². The number of ether oxygens (including phenoxy) is 2. The number of amides is 2. The van der Waals surface area contributed by atoms with Gasteiger partial charge in [-0.1, -0.05) is 18.2 Å². The molecule has 0 radical (unpaired) electrons. The Kier molecular flexibility index (Phi) is 5.87. The standard InChI is InChI=1S/C22H25N3O5/c1-24(14-22(27)25-7-9-29-10-8-25)13-21(26)23-17-12-19-16(11-20(17)28-2)15-5-3-4-6-18(15)30-19/h3-6,11-12H,7-10,13-14H2,1-2H3,(H,23,26). The highest BCUT2D eigenvalue weighted by atomic mass is 16.5. The van der Waals surface area contributed by atoms with Gasteiger partial charge in [-0.15, -0.1) is 0 Å². The molecule has 3 aromatic rings. The van der Waals surface area contributed by atoms with Gasteiger partial charge in [0, 0.05) is 29.9 Å². The number of benzene rings is 2. The minimum atomic E-state index is -0.235. The Morgan fingerprint density at radius 1 is 1.10 bits per heavy atom. The molecule has 1 fully saturated rings. The molecule has 0 unspecified atom stereocenters. The number of anilines is 1. The van der Waals surface area contributed by atoms with E-state index in [9.17, 15) is 9.59 Å². The number of nitrogens with one attached hydrogen (secondary N) is 1. The predicted octanol–water partition coefficient (Wildman–Crippen LogP) is 2.32. The monoisotopic (exact) mass is 411 g/mol. The lowest BCUT2D eigenvalue weighted by atomic mass is 10.1. The Labute approximate surface area is 174 Å². The minimum absolute atomic E-state index is 0.00474. The van der Waals surface area contributed by atoms with Crippen molar-refractivity contribution < 1.29 is 23.5 Å². The maximum atomic E-state index is 12.6. The number of hydrogen-bond acceptors (Lipinski definition) is 6. The molecular weight excluding hydrogens is 386 g/mol. The molecule has 1 aromatic heterocycles. The van der Waals surface area contributed by atoms with E-state index in [0.717, 1.165) is 16.4 Å². The van der Waals surface area contributed by atoms with Crippen LogP contribution in [0.25, 0.3) is 21.9 Å². The number of carbonyl (C=O) groups is 2. The molecule has 158 valence electrons. The van der Waals surface area contributed by atoms with E-state index < -0.39 is 0 Å². The highest BCUT2D eigenvalue weighted by Crippen LogP contribution is 2.36. The van der Waals surface area contributed by atoms with Crippen molar-refractivity contribution >= 4 is 39.4 Å². The summed E-state index contributed by atoms with van der Waals surface area (Å²) in [5.74, 6) is 0.311. The minimum Gasteiger partial charge on any atom is -0.495 e. The zero-order chi connectivity index (χ0) is 21.1. The van der Waals surface area contributed by atoms with Gasteiger partial charge < -0.3 is 24.1 Å². The zero-order valence-corrected chi connectivity index (χ0v) is 17.1. The smallest absolute Gasteiger partial charge is 0.238 e. The molecule has 0 aliphatic carbocycles. The van der Waals surface area contributed by atoms with Crippen molar-refractivity contribution in [3.63, 3.8) is 0 Å². The van der Waals surface area contributed by atoms with Crippen LogP contribution in [0.15, 0.2) is 40.8 Å². The number of methoxy groups -OCH3 is 1. The van der Waals surface area contributed by atoms with E-state index in [1.165, 1.54) is 0 Å². The summed E-state index contributed by atoms with van der Waals surface area (Å²) in [6.07, 6.45) is 0. The predicted molar refractivity (Wildman–Crippen MR) is 114 cm³/mol. The summed E-state index contributed by atoms with van der Waals surface area (Å²) in [5, 5.41) is 4.79. The molecule has 8 nitrogen and oxygen atoms in total. The first kappa shape index (κ1) is 20.2. The van der Waals surface area contributed by atoms with Crippen molar-refractivity contribution in [2.24, 2.45) is 0 Å². The molecule has 0 atom stereocenters. The van der Waals surface area contributed by atoms with Crippen molar-refractivity contribution in [2.75, 3.05) is 58.9 Å². The number of para-hydroxylation sites is 1. The van der Waals surface area contributed by atoms with Gasteiger partial charge in [0.05, 0.1) is 39.1 Å². The Hall–Kier alpha value is -3.10. The van der Waals surface area contributed by atoms with Crippen LogP contribution in [0.3, 0.4) is 0 Å². The zero-order valence-electron chi connectivity index (χ0n) is 17.1. The molecule has 1 aliphatic rings. The van der Waals surface area contributed by atoms with E-state index in [1.54, 1.807) is 30.0 Å². The normalized spacial score (nSPS) is 14.4. The Bertz CT molecular complexity index is 1070. The molecule has 8 heteroatoms. The van der Waals surface area contributed by atoms with Crippen LogP contribution in [0, 0.1) is 0 Å². The Morgan fingerprint density at radius 2 is 1.87 bits per heavy atom. The number of hydrogen-bond donors (Lipinski definition) is 1. The van der Waals surface area contributed by atoms with Gasteiger partial charge in [-0.3, -0.25) is 14.5 Å². The van der Waals surface area contributed by atoms with Crippen molar-refractivity contribution in [3.05, 3.63) is 36.4 Å². The van der Waals surface area contributed by atoms with E-state index in [1.807, 2.05) is 30.3 Å². The van der Waals surface area contributed by atoms with Crippen LogP contribution < -0.4 is 10.1 Å². The molecule has 2 heterocycles. The topological polar surface area (TPSA) is 84.2 Å². The summed E-state index contributed by atoms with van der Waals surface area (Å²) in [7, 11) is 3.31. The van der Waals surface area contributed by atoms with E-state index in [4.69, 9.17) is 13.9 Å². The quantitative estimate of drug-likeness (QED) is 0.670. The molecule has 2 amide bonds. The lowest BCUT2D eigenvalue weighted by Crippen LogP contribution is -2.46. The van der Waals surface area contributed by atoms with Crippen LogP contribution in [0.4, 0.5) is 5.69 Å². The van der Waals surface area contributed by atoms with Gasteiger partial charge in [0.25, 0.3) is 0 Å². The van der Waals surface area contributed by atoms with Crippen molar-refractivity contribution in [3.8, 4) is 5.75 Å². The molecule has 0 bridgehead atoms. The third kappa shape index (κ3) is 4.24. The lowest BCUT2D eigenvalue weighted by molar-refractivity contribution is -0.136. The van der Waals surface area contributed by atoms with E-state index in [0.29, 0.717) is 43.3 Å². The van der Waals surface area contributed by atoms with E-state index in [-0.39, 0.29) is 24.9 Å². The van der Waals surface area contributed by atoms with Crippen molar-refractivity contribution in [1.29, 1.82) is 0 Å². The molecule has 0 saturated carbocycles. The average molecular weight is 411 g/mol. The summed E-state index contributed by atoms with van der Waals surface area (Å²) in [6.45, 7) is 2.55. The van der Waals surface area contributed by atoms with E-state index >= 15 is 0 Å². The van der Waals surface area contributed by atoms with Crippen molar-refractivity contribution in [2.45, 2.75) is 0 Å². The molecule has 1 aliphatic heterocycles. The fourth-order valence-electron chi connectivity index (χ4n) is 3.65. The van der Waals surface area contributed by atoms with E-state index in [2.05, 4.69) is 5.32 Å². The highest BCUT2D eigenvalue weighted by Gasteiger charge is 2.20. The Balaban J connectivity index is 1.44. The lowest BCUT2D eigenvalue weighted by Gasteiger charge is -2.28. The summed E-state index contributed by atoms with van der Waals surface area (Å²) < 4.78 is 16.6.